The van der Waals surface area contributed by atoms with E-state index in [0.29, 0.717) is 6.29 Å². The molecule has 0 aliphatic heterocycles. The Morgan fingerprint density at radius 3 is 2.00 bits per heavy atom. The molecule has 2 atom stereocenters. The molecule has 0 heterocycles. The summed E-state index contributed by atoms with van der Waals surface area (Å²) in [6.45, 7) is 6.40. The van der Waals surface area contributed by atoms with Crippen molar-refractivity contribution in [1.82, 2.24) is 5.32 Å². The number of hydrogen-bond donors (Lipinski definition) is 1. The zero-order chi connectivity index (χ0) is 8.85. The number of Topliss-reactive ketones (excluding diaryl/α,β-unsaturated/α-hetero) is 2. The summed E-state index contributed by atoms with van der Waals surface area (Å²) in [5.74, 6) is -0.526. The van der Waals surface area contributed by atoms with Crippen molar-refractivity contribution >= 4 is 20.8 Å². The molecule has 0 saturated heterocycles. The zero-order valence-corrected chi connectivity index (χ0v) is 14.8. The van der Waals surface area contributed by atoms with Gasteiger partial charge in [0.2, 0.25) is 0 Å². The molecule has 0 aromatic rings. The Kier molecular flexibility index (Phi) is 16.6. The van der Waals surface area contributed by atoms with Crippen molar-refractivity contribution < 1.29 is 54.3 Å². The van der Waals surface area contributed by atoms with E-state index in [4.69, 9.17) is 0 Å². The first-order chi connectivity index (χ1) is 5.07. The van der Waals surface area contributed by atoms with Gasteiger partial charge >= 0.3 is 0 Å². The van der Waals surface area contributed by atoms with Crippen molar-refractivity contribution in [1.29, 1.82) is 0 Å². The number of hydrogen-bond acceptors (Lipinski definition) is 3. The zero-order valence-electron chi connectivity index (χ0n) is 7.19. The van der Waals surface area contributed by atoms with E-state index < -0.39 is 6.04 Å². The van der Waals surface area contributed by atoms with Crippen LogP contribution in [0, 0.1) is 13.8 Å². The third-order valence-corrected chi connectivity index (χ3v) is 1.42. The van der Waals surface area contributed by atoms with E-state index in [9.17, 15) is 9.59 Å². The largest absolute Gasteiger partial charge is 0.339 e. The van der Waals surface area contributed by atoms with Crippen molar-refractivity contribution in [2.75, 3.05) is 6.29 Å². The minimum absolute atomic E-state index is 0. The molecule has 74 valence electrons. The number of carbonyl (C=O) groups is 2. The van der Waals surface area contributed by atoms with E-state index >= 15 is 0 Å². The second-order valence-corrected chi connectivity index (χ2v) is 2.58. The van der Waals surface area contributed by atoms with Crippen LogP contribution in [0.2, 0.25) is 0 Å². The Balaban J connectivity index is -0.000000500. The van der Waals surface area contributed by atoms with Crippen molar-refractivity contribution in [3.05, 3.63) is 13.8 Å². The Morgan fingerprint density at radius 2 is 1.77 bits per heavy atom. The third-order valence-electron chi connectivity index (χ3n) is 1.18. The van der Waals surface area contributed by atoms with Crippen LogP contribution in [0.25, 0.3) is 0 Å². The standard InChI is InChI=1S/C7H12NO2P.2Ta/c1-5(9)3-7(6(2)10)8-4-11;;/h7-8H,1-4,11H2;;/q-2;;. The van der Waals surface area contributed by atoms with Crippen LogP contribution >= 0.6 is 9.24 Å². The molecule has 0 aromatic carbocycles. The van der Waals surface area contributed by atoms with Crippen LogP contribution in [0.1, 0.15) is 6.42 Å². The van der Waals surface area contributed by atoms with Crippen LogP contribution in [-0.2, 0) is 54.3 Å². The first kappa shape index (κ1) is 19.5. The van der Waals surface area contributed by atoms with Crippen LogP contribution in [-0.4, -0.2) is 23.9 Å². The maximum atomic E-state index is 10.7. The molecule has 13 heavy (non-hydrogen) atoms. The van der Waals surface area contributed by atoms with Gasteiger partial charge in [0.1, 0.15) is 0 Å². The first-order valence-corrected chi connectivity index (χ1v) is 4.03. The second kappa shape index (κ2) is 11.0. The molecule has 6 heteroatoms. The predicted octanol–water partition coefficient (Wildman–Crippen LogP) is -0.0313. The van der Waals surface area contributed by atoms with Crippen molar-refractivity contribution in [3.8, 4) is 0 Å². The maximum Gasteiger partial charge on any atom is 0.0413 e. The number of rotatable bonds is 5. The molecule has 0 aliphatic carbocycles. The fourth-order valence-corrected chi connectivity index (χ4v) is 0.954. The fraction of sp³-hybridized carbons (Fsp3) is 0.429. The van der Waals surface area contributed by atoms with Crippen LogP contribution < -0.4 is 5.32 Å². The summed E-state index contributed by atoms with van der Waals surface area (Å²) in [7, 11) is 2.41. The molecule has 0 aliphatic rings. The van der Waals surface area contributed by atoms with Crippen LogP contribution in [0.15, 0.2) is 0 Å². The quantitative estimate of drug-likeness (QED) is 0.398. The molecule has 0 rings (SSSR count). The molecule has 2 radical (unpaired) electrons. The van der Waals surface area contributed by atoms with Gasteiger partial charge in [-0.05, 0) is 12.2 Å². The van der Waals surface area contributed by atoms with Gasteiger partial charge < -0.3 is 28.8 Å². The number of carbonyl (C=O) groups excluding carboxylic acids is 2. The monoisotopic (exact) mass is 535 g/mol. The fourth-order valence-electron chi connectivity index (χ4n) is 0.670. The number of nitrogens with one attached hydrogen (secondary N) is 1. The molecule has 0 fully saturated rings. The van der Waals surface area contributed by atoms with E-state index in [1.54, 1.807) is 0 Å². The van der Waals surface area contributed by atoms with Gasteiger partial charge in [-0.25, -0.2) is 0 Å². The molecule has 1 N–H and O–H groups in total. The second-order valence-electron chi connectivity index (χ2n) is 2.17. The average molecular weight is 535 g/mol. The molecule has 0 amide bonds. The summed E-state index contributed by atoms with van der Waals surface area (Å²) in [5.41, 5.74) is 0. The van der Waals surface area contributed by atoms with Crippen LogP contribution in [0.4, 0.5) is 0 Å². The Labute approximate surface area is 112 Å². The molecule has 3 nitrogen and oxygen atoms in total. The third kappa shape index (κ3) is 10.9. The molecular weight excluding hydrogens is 523 g/mol. The summed E-state index contributed by atoms with van der Waals surface area (Å²) in [6, 6.07) is -0.475. The minimum Gasteiger partial charge on any atom is -0.339 e. The van der Waals surface area contributed by atoms with Gasteiger partial charge in [-0.1, -0.05) is 0 Å². The van der Waals surface area contributed by atoms with E-state index in [-0.39, 0.29) is 62.7 Å². The van der Waals surface area contributed by atoms with Gasteiger partial charge in [0, 0.05) is 62.9 Å². The summed E-state index contributed by atoms with van der Waals surface area (Å²) < 4.78 is 0. The van der Waals surface area contributed by atoms with Gasteiger partial charge in [0.25, 0.3) is 0 Å². The van der Waals surface area contributed by atoms with E-state index in [1.807, 2.05) is 0 Å². The maximum absolute atomic E-state index is 10.7. The van der Waals surface area contributed by atoms with Crippen molar-refractivity contribution in [3.63, 3.8) is 0 Å². The normalized spacial score (nSPS) is 10.5. The van der Waals surface area contributed by atoms with Gasteiger partial charge in [0.05, 0.1) is 0 Å². The Morgan fingerprint density at radius 1 is 1.31 bits per heavy atom. The van der Waals surface area contributed by atoms with Gasteiger partial charge in [-0.15, -0.1) is 9.24 Å². The summed E-state index contributed by atoms with van der Waals surface area (Å²) >= 11 is 0. The van der Waals surface area contributed by atoms with Crippen molar-refractivity contribution in [2.45, 2.75) is 12.5 Å². The topological polar surface area (TPSA) is 46.2 Å². The number of ketones is 2. The van der Waals surface area contributed by atoms with E-state index in [2.05, 4.69) is 28.4 Å². The first-order valence-electron chi connectivity index (χ1n) is 3.22. The van der Waals surface area contributed by atoms with Gasteiger partial charge in [0.15, 0.2) is 0 Å². The van der Waals surface area contributed by atoms with E-state index in [1.165, 1.54) is 0 Å². The van der Waals surface area contributed by atoms with Gasteiger partial charge in [-0.3, -0.25) is 0 Å². The van der Waals surface area contributed by atoms with Crippen LogP contribution in [0.3, 0.4) is 0 Å². The smallest absolute Gasteiger partial charge is 0.0413 e. The summed E-state index contributed by atoms with van der Waals surface area (Å²) in [6.07, 6.45) is 0.690. The minimum atomic E-state index is -0.475. The Hall–Kier alpha value is 0.951. The predicted molar refractivity (Wildman–Crippen MR) is 46.8 cm³/mol. The SMILES string of the molecule is [CH2-]C(=O)CC(NCP)C([CH2-])=O.[Ta].[Ta]. The van der Waals surface area contributed by atoms with E-state index in [0.717, 1.165) is 0 Å². The summed E-state index contributed by atoms with van der Waals surface area (Å²) in [4.78, 5) is 21.2. The Bertz CT molecular complexity index is 167. The molecule has 0 spiro atoms. The van der Waals surface area contributed by atoms with Gasteiger partial charge in [-0.2, -0.15) is 0 Å². The van der Waals surface area contributed by atoms with Crippen LogP contribution in [0.5, 0.6) is 0 Å². The summed E-state index contributed by atoms with van der Waals surface area (Å²) in [5, 5.41) is 2.80. The van der Waals surface area contributed by atoms with Crippen molar-refractivity contribution in [2.24, 2.45) is 0 Å². The molecule has 2 unspecified atom stereocenters. The molecule has 0 saturated carbocycles. The molecule has 0 bridgehead atoms. The molecular formula is C7H12NO2PTa2-2. The molecule has 0 aromatic heterocycles. The average Bonchev–Trinajstić information content (AvgIpc) is 1.86.